The second-order valence-electron chi connectivity index (χ2n) is 4.88. The van der Waals surface area contributed by atoms with Gasteiger partial charge < -0.3 is 10.1 Å². The molecule has 1 atom stereocenters. The zero-order valence-electron chi connectivity index (χ0n) is 12.2. The molecule has 0 aliphatic carbocycles. The molecular weight excluding hydrogens is 380 g/mol. The molecule has 0 heterocycles. The highest BCUT2D eigenvalue weighted by atomic mass is 127. The number of hydrogen-bond acceptors (Lipinski definition) is 2. The van der Waals surface area contributed by atoms with Gasteiger partial charge in [-0.1, -0.05) is 25.1 Å². The summed E-state index contributed by atoms with van der Waals surface area (Å²) in [6.45, 7) is 5.39. The van der Waals surface area contributed by atoms with Gasteiger partial charge in [-0.05, 0) is 59.8 Å². The lowest BCUT2D eigenvalue weighted by Gasteiger charge is -2.18. The molecule has 0 spiro atoms. The fourth-order valence-corrected chi connectivity index (χ4v) is 2.51. The minimum absolute atomic E-state index is 0.127. The van der Waals surface area contributed by atoms with Crippen molar-refractivity contribution in [3.8, 4) is 5.75 Å². The fourth-order valence-electron chi connectivity index (χ4n) is 2.15. The van der Waals surface area contributed by atoms with Gasteiger partial charge in [-0.15, -0.1) is 0 Å². The minimum Gasteiger partial charge on any atom is -0.488 e. The predicted octanol–water partition coefficient (Wildman–Crippen LogP) is 4.68. The van der Waals surface area contributed by atoms with Crippen molar-refractivity contribution in [3.05, 3.63) is 63.0 Å². The summed E-state index contributed by atoms with van der Waals surface area (Å²) in [6.07, 6.45) is 0. The molecule has 0 radical (unpaired) electrons. The average Bonchev–Trinajstić information content (AvgIpc) is 2.47. The largest absolute Gasteiger partial charge is 0.488 e. The summed E-state index contributed by atoms with van der Waals surface area (Å²) in [7, 11) is 0. The molecule has 0 bridgehead atoms. The van der Waals surface area contributed by atoms with Crippen molar-refractivity contribution in [2.75, 3.05) is 6.54 Å². The smallest absolute Gasteiger partial charge is 0.127 e. The van der Waals surface area contributed by atoms with Gasteiger partial charge >= 0.3 is 0 Å². The van der Waals surface area contributed by atoms with Crippen LogP contribution in [0.2, 0.25) is 0 Å². The summed E-state index contributed by atoms with van der Waals surface area (Å²) in [5, 5.41) is 3.32. The summed E-state index contributed by atoms with van der Waals surface area (Å²) in [5.41, 5.74) is 2.05. The van der Waals surface area contributed by atoms with Crippen molar-refractivity contribution in [2.45, 2.75) is 26.5 Å². The van der Waals surface area contributed by atoms with Gasteiger partial charge in [0.25, 0.3) is 0 Å². The maximum Gasteiger partial charge on any atom is 0.127 e. The molecule has 112 valence electrons. The Kier molecular flexibility index (Phi) is 5.99. The number of ether oxygens (including phenoxy) is 1. The molecule has 0 fully saturated rings. The van der Waals surface area contributed by atoms with Crippen LogP contribution in [0.25, 0.3) is 0 Å². The molecule has 2 aromatic rings. The van der Waals surface area contributed by atoms with E-state index in [1.54, 1.807) is 6.07 Å². The van der Waals surface area contributed by atoms with Crippen molar-refractivity contribution >= 4 is 22.6 Å². The van der Waals surface area contributed by atoms with E-state index in [1.165, 1.54) is 15.7 Å². The van der Waals surface area contributed by atoms with Crippen LogP contribution in [0, 0.1) is 9.39 Å². The van der Waals surface area contributed by atoms with E-state index in [0.29, 0.717) is 12.4 Å². The Morgan fingerprint density at radius 3 is 2.57 bits per heavy atom. The van der Waals surface area contributed by atoms with Crippen molar-refractivity contribution in [2.24, 2.45) is 0 Å². The van der Waals surface area contributed by atoms with Crippen LogP contribution in [0.4, 0.5) is 4.39 Å². The molecule has 0 saturated carbocycles. The number of rotatable bonds is 6. The maximum absolute atomic E-state index is 13.5. The molecule has 0 aromatic heterocycles. The highest BCUT2D eigenvalue weighted by Crippen LogP contribution is 2.27. The zero-order valence-corrected chi connectivity index (χ0v) is 14.4. The molecule has 1 N–H and O–H groups in total. The van der Waals surface area contributed by atoms with Crippen molar-refractivity contribution < 1.29 is 9.13 Å². The molecule has 0 saturated heterocycles. The quantitative estimate of drug-likeness (QED) is 0.713. The molecule has 1 unspecified atom stereocenters. The topological polar surface area (TPSA) is 21.3 Å². The summed E-state index contributed by atoms with van der Waals surface area (Å²) in [5.74, 6) is 0.321. The van der Waals surface area contributed by atoms with Gasteiger partial charge in [-0.25, -0.2) is 4.39 Å². The van der Waals surface area contributed by atoms with Crippen LogP contribution < -0.4 is 10.1 Å². The number of hydrogen-bond donors (Lipinski definition) is 1. The number of halogens is 2. The minimum atomic E-state index is -0.278. The Labute approximate surface area is 138 Å². The van der Waals surface area contributed by atoms with Crippen LogP contribution in [-0.2, 0) is 6.61 Å². The Balaban J connectivity index is 2.14. The van der Waals surface area contributed by atoms with Gasteiger partial charge in [-0.2, -0.15) is 0 Å². The van der Waals surface area contributed by atoms with Gasteiger partial charge in [0.1, 0.15) is 18.2 Å². The van der Waals surface area contributed by atoms with Gasteiger partial charge in [0.2, 0.25) is 0 Å². The van der Waals surface area contributed by atoms with Crippen LogP contribution in [-0.4, -0.2) is 6.54 Å². The van der Waals surface area contributed by atoms with E-state index in [-0.39, 0.29) is 11.9 Å². The summed E-state index contributed by atoms with van der Waals surface area (Å²) >= 11 is 2.27. The van der Waals surface area contributed by atoms with Crippen LogP contribution in [0.15, 0.2) is 42.5 Å². The van der Waals surface area contributed by atoms with Crippen LogP contribution >= 0.6 is 22.6 Å². The highest BCUT2D eigenvalue weighted by Gasteiger charge is 2.12. The lowest BCUT2D eigenvalue weighted by Crippen LogP contribution is -2.18. The molecule has 4 heteroatoms. The molecule has 0 aliphatic heterocycles. The van der Waals surface area contributed by atoms with E-state index in [9.17, 15) is 4.39 Å². The van der Waals surface area contributed by atoms with Gasteiger partial charge in [0, 0.05) is 21.2 Å². The van der Waals surface area contributed by atoms with E-state index in [4.69, 9.17) is 4.74 Å². The summed E-state index contributed by atoms with van der Waals surface area (Å²) in [4.78, 5) is 0. The summed E-state index contributed by atoms with van der Waals surface area (Å²) in [6, 6.07) is 13.0. The van der Waals surface area contributed by atoms with Crippen molar-refractivity contribution in [3.63, 3.8) is 0 Å². The van der Waals surface area contributed by atoms with E-state index in [1.807, 2.05) is 31.2 Å². The second kappa shape index (κ2) is 7.75. The average molecular weight is 399 g/mol. The standard InChI is InChI=1S/C17H19FINO/c1-3-20-12(2)16-9-6-14(18)10-17(16)21-11-13-4-7-15(19)8-5-13/h4-10,12,20H,3,11H2,1-2H3. The van der Waals surface area contributed by atoms with E-state index < -0.39 is 0 Å². The molecule has 0 aliphatic rings. The van der Waals surface area contributed by atoms with E-state index in [0.717, 1.165) is 17.7 Å². The fraction of sp³-hybridized carbons (Fsp3) is 0.294. The molecular formula is C17H19FINO. The predicted molar refractivity (Wildman–Crippen MR) is 92.0 cm³/mol. The number of benzene rings is 2. The van der Waals surface area contributed by atoms with Gasteiger partial charge in [0.05, 0.1) is 0 Å². The third kappa shape index (κ3) is 4.68. The first-order valence-corrected chi connectivity index (χ1v) is 8.08. The molecule has 0 amide bonds. The lowest BCUT2D eigenvalue weighted by molar-refractivity contribution is 0.298. The molecule has 2 rings (SSSR count). The Hall–Kier alpha value is -1.14. The monoisotopic (exact) mass is 399 g/mol. The first kappa shape index (κ1) is 16.2. The highest BCUT2D eigenvalue weighted by molar-refractivity contribution is 14.1. The van der Waals surface area contributed by atoms with Crippen LogP contribution in [0.1, 0.15) is 31.0 Å². The van der Waals surface area contributed by atoms with Crippen molar-refractivity contribution in [1.82, 2.24) is 5.32 Å². The number of nitrogens with one attached hydrogen (secondary N) is 1. The Morgan fingerprint density at radius 1 is 1.19 bits per heavy atom. The van der Waals surface area contributed by atoms with Gasteiger partial charge in [0.15, 0.2) is 0 Å². The summed E-state index contributed by atoms with van der Waals surface area (Å²) < 4.78 is 20.5. The first-order valence-electron chi connectivity index (χ1n) is 7.00. The van der Waals surface area contributed by atoms with Crippen LogP contribution in [0.5, 0.6) is 5.75 Å². The normalized spacial score (nSPS) is 12.2. The third-order valence-electron chi connectivity index (χ3n) is 3.26. The van der Waals surface area contributed by atoms with Crippen LogP contribution in [0.3, 0.4) is 0 Å². The zero-order chi connectivity index (χ0) is 15.2. The Bertz CT molecular complexity index is 586. The lowest BCUT2D eigenvalue weighted by atomic mass is 10.1. The Morgan fingerprint density at radius 2 is 1.90 bits per heavy atom. The second-order valence-corrected chi connectivity index (χ2v) is 6.12. The third-order valence-corrected chi connectivity index (χ3v) is 3.98. The molecule has 2 nitrogen and oxygen atoms in total. The SMILES string of the molecule is CCNC(C)c1ccc(F)cc1OCc1ccc(I)cc1. The molecule has 21 heavy (non-hydrogen) atoms. The maximum atomic E-state index is 13.5. The van der Waals surface area contributed by atoms with Gasteiger partial charge in [-0.3, -0.25) is 0 Å². The van der Waals surface area contributed by atoms with Crippen molar-refractivity contribution in [1.29, 1.82) is 0 Å². The first-order chi connectivity index (χ1) is 10.1. The van der Waals surface area contributed by atoms with E-state index >= 15 is 0 Å². The van der Waals surface area contributed by atoms with E-state index in [2.05, 4.69) is 34.8 Å². The molecule has 2 aromatic carbocycles.